The lowest BCUT2D eigenvalue weighted by molar-refractivity contribution is -0.144. The third-order valence-corrected chi connectivity index (χ3v) is 10.0. The molecule has 0 radical (unpaired) electrons. The van der Waals surface area contributed by atoms with Gasteiger partial charge in [-0.3, -0.25) is 9.48 Å². The highest BCUT2D eigenvalue weighted by Crippen LogP contribution is 2.41. The molecule has 2 heterocycles. The maximum absolute atomic E-state index is 14.3. The first-order valence-corrected chi connectivity index (χ1v) is 18.4. The molecule has 3 aromatic carbocycles. The van der Waals surface area contributed by atoms with Crippen molar-refractivity contribution >= 4 is 72.6 Å². The number of ether oxygens (including phenoxy) is 1. The Morgan fingerprint density at radius 2 is 1.49 bits per heavy atom. The molecule has 0 N–H and O–H groups in total. The van der Waals surface area contributed by atoms with Crippen LogP contribution in [0.25, 0.3) is 11.3 Å². The van der Waals surface area contributed by atoms with Crippen LogP contribution >= 0.6 is 50.7 Å². The van der Waals surface area contributed by atoms with Crippen LogP contribution in [0.15, 0.2) is 64.0 Å². The molecule has 282 valence electrons. The molecule has 5 aromatic rings. The second kappa shape index (κ2) is 16.2. The number of aryl methyl sites for hydroxylation is 4. The monoisotopic (exact) mass is 880 g/mol. The van der Waals surface area contributed by atoms with E-state index in [1.54, 1.807) is 32.9 Å². The van der Waals surface area contributed by atoms with Gasteiger partial charge in [0, 0.05) is 30.2 Å². The number of alkyl halides is 3. The first-order valence-electron chi connectivity index (χ1n) is 15.1. The number of nitrogens with zero attached hydrogens (tertiary/aromatic N) is 4. The molecule has 5 rings (SSSR count). The van der Waals surface area contributed by atoms with Crippen molar-refractivity contribution in [2.24, 2.45) is 14.1 Å². The van der Waals surface area contributed by atoms with Gasteiger partial charge < -0.3 is 8.92 Å². The van der Waals surface area contributed by atoms with E-state index < -0.39 is 50.1 Å². The van der Waals surface area contributed by atoms with Crippen molar-refractivity contribution in [1.29, 1.82) is 0 Å². The van der Waals surface area contributed by atoms with Crippen molar-refractivity contribution in [3.8, 4) is 17.1 Å². The summed E-state index contributed by atoms with van der Waals surface area (Å²) in [4.78, 5) is 25.1. The molecule has 0 fully saturated rings. The van der Waals surface area contributed by atoms with E-state index in [1.807, 2.05) is 6.92 Å². The summed E-state index contributed by atoms with van der Waals surface area (Å²) in [6.45, 7) is 6.65. The zero-order valence-corrected chi connectivity index (χ0v) is 33.1. The van der Waals surface area contributed by atoms with Crippen molar-refractivity contribution < 1.29 is 44.5 Å². The molecule has 0 bridgehead atoms. The van der Waals surface area contributed by atoms with E-state index in [4.69, 9.17) is 43.7 Å². The van der Waals surface area contributed by atoms with Crippen LogP contribution in [-0.2, 0) is 35.1 Å². The number of esters is 1. The molecule has 2 aromatic heterocycles. The number of hydrogen-bond acceptors (Lipinski definition) is 8. The van der Waals surface area contributed by atoms with E-state index in [-0.39, 0.29) is 48.8 Å². The van der Waals surface area contributed by atoms with Crippen LogP contribution in [0.2, 0.25) is 15.1 Å². The fourth-order valence-corrected chi connectivity index (χ4v) is 7.26. The van der Waals surface area contributed by atoms with Gasteiger partial charge in [0.2, 0.25) is 11.7 Å². The number of carbonyl (C=O) groups is 2. The Morgan fingerprint density at radius 3 is 2.04 bits per heavy atom. The van der Waals surface area contributed by atoms with Gasteiger partial charge in [-0.1, -0.05) is 52.5 Å². The molecule has 0 aliphatic carbocycles. The van der Waals surface area contributed by atoms with Crippen molar-refractivity contribution in [1.82, 2.24) is 19.6 Å². The Kier molecular flexibility index (Phi) is 12.8. The molecule has 0 atom stereocenters. The fraction of sp³-hybridized carbons (Fsp3) is 0.235. The maximum atomic E-state index is 14.3. The van der Waals surface area contributed by atoms with Crippen LogP contribution in [-0.4, -0.2) is 45.8 Å². The minimum atomic E-state index is -4.69. The molecule has 0 saturated carbocycles. The van der Waals surface area contributed by atoms with Gasteiger partial charge in [0.15, 0.2) is 5.69 Å². The molecular weight excluding hydrogens is 855 g/mol. The van der Waals surface area contributed by atoms with Crippen LogP contribution in [0.5, 0.6) is 5.88 Å². The van der Waals surface area contributed by atoms with Gasteiger partial charge in [0.05, 0.1) is 31.9 Å². The predicted molar refractivity (Wildman–Crippen MR) is 194 cm³/mol. The van der Waals surface area contributed by atoms with Crippen molar-refractivity contribution in [2.75, 3.05) is 0 Å². The number of hydrogen-bond donors (Lipinski definition) is 0. The van der Waals surface area contributed by atoms with E-state index in [2.05, 4.69) is 26.1 Å². The Morgan fingerprint density at radius 1 is 0.887 bits per heavy atom. The summed E-state index contributed by atoms with van der Waals surface area (Å²) >= 11 is 20.7. The minimum absolute atomic E-state index is 0.0161. The van der Waals surface area contributed by atoms with Gasteiger partial charge in [0.1, 0.15) is 22.0 Å². The lowest BCUT2D eigenvalue weighted by atomic mass is 10.0. The van der Waals surface area contributed by atoms with E-state index in [1.165, 1.54) is 42.1 Å². The van der Waals surface area contributed by atoms with Crippen LogP contribution < -0.4 is 4.18 Å². The average Bonchev–Trinajstić information content (AvgIpc) is 3.48. The van der Waals surface area contributed by atoms with Crippen LogP contribution in [0.1, 0.15) is 57.1 Å². The van der Waals surface area contributed by atoms with Gasteiger partial charge in [-0.15, -0.1) is 0 Å². The zero-order valence-electron chi connectivity index (χ0n) is 28.4. The summed E-state index contributed by atoms with van der Waals surface area (Å²) in [7, 11) is -1.59. The van der Waals surface area contributed by atoms with E-state index >= 15 is 0 Å². The summed E-state index contributed by atoms with van der Waals surface area (Å²) in [5.41, 5.74) is -0.458. The Bertz CT molecular complexity index is 2330. The first kappa shape index (κ1) is 41.8. The smallest absolute Gasteiger partial charge is 0.434 e. The summed E-state index contributed by atoms with van der Waals surface area (Å²) in [6, 6.07) is 12.5. The summed E-state index contributed by atoms with van der Waals surface area (Å²) in [5.74, 6) is -2.43. The molecule has 0 saturated heterocycles. The van der Waals surface area contributed by atoms with E-state index in [0.29, 0.717) is 15.4 Å². The number of rotatable bonds is 8. The topological polar surface area (TPSA) is 122 Å². The quantitative estimate of drug-likeness (QED) is 0.0654. The van der Waals surface area contributed by atoms with Gasteiger partial charge in [-0.25, -0.2) is 13.9 Å². The maximum Gasteiger partial charge on any atom is 0.434 e. The molecule has 19 heteroatoms. The van der Waals surface area contributed by atoms with Gasteiger partial charge in [-0.05, 0) is 86.1 Å². The van der Waals surface area contributed by atoms with E-state index in [9.17, 15) is 35.6 Å². The Hall–Kier alpha value is -3.96. The van der Waals surface area contributed by atoms with Gasteiger partial charge in [0.25, 0.3) is 0 Å². The second-order valence-corrected chi connectivity index (χ2v) is 15.2. The number of aromatic nitrogens is 4. The third-order valence-electron chi connectivity index (χ3n) is 7.20. The second-order valence-electron chi connectivity index (χ2n) is 11.6. The normalized spacial score (nSPS) is 11.7. The van der Waals surface area contributed by atoms with Crippen molar-refractivity contribution in [3.63, 3.8) is 0 Å². The Labute approximate surface area is 324 Å². The average molecular weight is 883 g/mol. The highest BCUT2D eigenvalue weighted by molar-refractivity contribution is 9.10. The molecule has 0 amide bonds. The predicted octanol–water partition coefficient (Wildman–Crippen LogP) is 9.57. The molecule has 0 aliphatic heterocycles. The third kappa shape index (κ3) is 9.41. The fourth-order valence-electron chi connectivity index (χ4n) is 4.80. The van der Waals surface area contributed by atoms with Crippen molar-refractivity contribution in [3.05, 3.63) is 114 Å². The van der Waals surface area contributed by atoms with Crippen LogP contribution in [0, 0.1) is 19.7 Å². The highest BCUT2D eigenvalue weighted by Gasteiger charge is 2.39. The number of ketones is 1. The molecule has 10 nitrogen and oxygen atoms in total. The van der Waals surface area contributed by atoms with Gasteiger partial charge >= 0.3 is 22.3 Å². The standard InChI is InChI=1S/C19H16Cl2N2O4S.C15H12BrClF4N2O2/c1-11-4-7-14(8-5-11)28(25,26)27-19-17(12(2)22-23(19)3)18(24)15-9-6-13(20)10-16(15)21;1-6(2)25-14(24)7-4-8(10(18)5-9(7)17)12-11(16)13(15(19,20)21)23(3)22-12/h4-10H,1-3H3;4-6H,1-3H3. The summed E-state index contributed by atoms with van der Waals surface area (Å²) in [6.07, 6.45) is -5.14. The number of carbonyl (C=O) groups excluding carboxylic acids is 2. The number of halogens is 8. The largest absolute Gasteiger partial charge is 0.459 e. The highest BCUT2D eigenvalue weighted by atomic mass is 79.9. The summed E-state index contributed by atoms with van der Waals surface area (Å²) < 4.78 is 90.5. The van der Waals surface area contributed by atoms with Crippen LogP contribution in [0.4, 0.5) is 17.6 Å². The lowest BCUT2D eigenvalue weighted by Gasteiger charge is -2.11. The number of benzene rings is 3. The van der Waals surface area contributed by atoms with Crippen LogP contribution in [0.3, 0.4) is 0 Å². The first-order chi connectivity index (χ1) is 24.5. The lowest BCUT2D eigenvalue weighted by Crippen LogP contribution is -2.15. The molecule has 0 unspecified atom stereocenters. The van der Waals surface area contributed by atoms with E-state index in [0.717, 1.165) is 24.7 Å². The molecule has 0 aliphatic rings. The SMILES string of the molecule is CC(C)OC(=O)c1cc(-c2nn(C)c(C(F)(F)F)c2Br)c(F)cc1Cl.Cc1ccc(S(=O)(=O)Oc2c(C(=O)c3ccc(Cl)cc3Cl)c(C)nn2C)cc1. The Balaban J connectivity index is 0.000000238. The summed E-state index contributed by atoms with van der Waals surface area (Å²) in [5, 5.41) is 8.16. The minimum Gasteiger partial charge on any atom is -0.459 e. The van der Waals surface area contributed by atoms with Gasteiger partial charge in [-0.2, -0.15) is 31.8 Å². The molecular formula is C34H28BrCl3F4N4O6S. The molecule has 53 heavy (non-hydrogen) atoms. The van der Waals surface area contributed by atoms with Crippen molar-refractivity contribution in [2.45, 2.75) is 44.9 Å². The molecule has 0 spiro atoms. The zero-order chi connectivity index (χ0) is 39.7.